The van der Waals surface area contributed by atoms with E-state index in [1.165, 1.54) is 0 Å². The first-order chi connectivity index (χ1) is 12.2. The Labute approximate surface area is 144 Å². The van der Waals surface area contributed by atoms with Crippen LogP contribution < -0.4 is 0 Å². The Morgan fingerprint density at radius 2 is 2.24 bits per heavy atom. The first-order valence-electron chi connectivity index (χ1n) is 8.01. The molecule has 4 heterocycles. The predicted octanol–water partition coefficient (Wildman–Crippen LogP) is 2.51. The molecule has 0 unspecified atom stereocenters. The van der Waals surface area contributed by atoms with Crippen LogP contribution in [0.25, 0.3) is 22.7 Å². The number of hydrogen-bond donors (Lipinski definition) is 0. The second-order valence-corrected chi connectivity index (χ2v) is 5.92. The molecule has 0 aliphatic carbocycles. The average Bonchev–Trinajstić information content (AvgIpc) is 3.30. The van der Waals surface area contributed by atoms with Crippen molar-refractivity contribution in [2.75, 3.05) is 6.54 Å². The zero-order chi connectivity index (χ0) is 17.2. The van der Waals surface area contributed by atoms with Crippen LogP contribution >= 0.6 is 0 Å². The average molecular weight is 333 g/mol. The molecule has 1 aliphatic heterocycles. The van der Waals surface area contributed by atoms with Crippen LogP contribution in [0.2, 0.25) is 0 Å². The van der Waals surface area contributed by atoms with Gasteiger partial charge in [-0.15, -0.1) is 0 Å². The number of pyridine rings is 1. The third kappa shape index (κ3) is 2.92. The SMILES string of the molecule is Cc1cc(-c2cc(-c3nc([C@@H]4CCCN4C#N)no3)cnn2)ccn1. The molecule has 124 valence electrons. The molecule has 4 rings (SSSR count). The van der Waals surface area contributed by atoms with Crippen molar-refractivity contribution in [2.24, 2.45) is 0 Å². The molecule has 1 saturated heterocycles. The molecule has 0 saturated carbocycles. The van der Waals surface area contributed by atoms with Gasteiger partial charge in [-0.1, -0.05) is 5.16 Å². The Morgan fingerprint density at radius 3 is 3.08 bits per heavy atom. The molecule has 0 N–H and O–H groups in total. The van der Waals surface area contributed by atoms with Crippen LogP contribution in [0.1, 0.15) is 30.4 Å². The monoisotopic (exact) mass is 333 g/mol. The fraction of sp³-hybridized carbons (Fsp3) is 0.294. The van der Waals surface area contributed by atoms with Crippen molar-refractivity contribution < 1.29 is 4.52 Å². The lowest BCUT2D eigenvalue weighted by Crippen LogP contribution is -2.17. The number of nitrogens with zero attached hydrogens (tertiary/aromatic N) is 7. The Morgan fingerprint density at radius 1 is 1.32 bits per heavy atom. The summed E-state index contributed by atoms with van der Waals surface area (Å²) in [5.41, 5.74) is 3.23. The van der Waals surface area contributed by atoms with Gasteiger partial charge in [-0.2, -0.15) is 20.4 Å². The van der Waals surface area contributed by atoms with Crippen molar-refractivity contribution >= 4 is 0 Å². The minimum absolute atomic E-state index is 0.111. The molecule has 8 heteroatoms. The van der Waals surface area contributed by atoms with Gasteiger partial charge in [0.05, 0.1) is 17.5 Å². The molecule has 8 nitrogen and oxygen atoms in total. The summed E-state index contributed by atoms with van der Waals surface area (Å²) in [6.45, 7) is 2.65. The number of nitriles is 1. The molecule has 0 amide bonds. The van der Waals surface area contributed by atoms with Gasteiger partial charge in [-0.3, -0.25) is 9.88 Å². The Hall–Kier alpha value is -3.34. The van der Waals surface area contributed by atoms with Gasteiger partial charge < -0.3 is 4.52 Å². The van der Waals surface area contributed by atoms with Gasteiger partial charge >= 0.3 is 0 Å². The molecule has 1 aliphatic rings. The van der Waals surface area contributed by atoms with Gasteiger partial charge in [0.2, 0.25) is 0 Å². The third-order valence-electron chi connectivity index (χ3n) is 4.21. The first-order valence-corrected chi connectivity index (χ1v) is 8.01. The van der Waals surface area contributed by atoms with Gasteiger partial charge in [-0.05, 0) is 38.0 Å². The summed E-state index contributed by atoms with van der Waals surface area (Å²) < 4.78 is 5.39. The van der Waals surface area contributed by atoms with E-state index < -0.39 is 0 Å². The van der Waals surface area contributed by atoms with Crippen molar-refractivity contribution in [1.82, 2.24) is 30.2 Å². The second kappa shape index (κ2) is 6.28. The molecule has 0 spiro atoms. The van der Waals surface area contributed by atoms with Crippen molar-refractivity contribution in [3.8, 4) is 28.9 Å². The van der Waals surface area contributed by atoms with Crippen LogP contribution in [-0.4, -0.2) is 36.8 Å². The van der Waals surface area contributed by atoms with E-state index in [-0.39, 0.29) is 6.04 Å². The summed E-state index contributed by atoms with van der Waals surface area (Å²) in [6, 6.07) is 5.56. The molecule has 3 aromatic rings. The fourth-order valence-corrected chi connectivity index (χ4v) is 2.97. The maximum atomic E-state index is 9.17. The highest BCUT2D eigenvalue weighted by molar-refractivity contribution is 5.64. The summed E-state index contributed by atoms with van der Waals surface area (Å²) in [5, 5.41) is 21.4. The van der Waals surface area contributed by atoms with Gasteiger partial charge in [0.25, 0.3) is 5.89 Å². The molecule has 1 atom stereocenters. The Balaban J connectivity index is 1.65. The second-order valence-electron chi connectivity index (χ2n) is 5.92. The van der Waals surface area contributed by atoms with Crippen molar-refractivity contribution in [3.63, 3.8) is 0 Å². The molecule has 25 heavy (non-hydrogen) atoms. The number of likely N-dealkylation sites (tertiary alicyclic amines) is 1. The lowest BCUT2D eigenvalue weighted by atomic mass is 10.1. The van der Waals surface area contributed by atoms with E-state index >= 15 is 0 Å². The van der Waals surface area contributed by atoms with Gasteiger partial charge in [0.1, 0.15) is 6.04 Å². The number of hydrogen-bond acceptors (Lipinski definition) is 8. The molecule has 0 bridgehead atoms. The van der Waals surface area contributed by atoms with Crippen LogP contribution in [0.4, 0.5) is 0 Å². The zero-order valence-corrected chi connectivity index (χ0v) is 13.6. The van der Waals surface area contributed by atoms with Crippen LogP contribution in [0.15, 0.2) is 35.1 Å². The van der Waals surface area contributed by atoms with E-state index in [0.29, 0.717) is 23.0 Å². The number of aromatic nitrogens is 5. The minimum atomic E-state index is -0.111. The molecular formula is C17H15N7O. The van der Waals surface area contributed by atoms with E-state index in [4.69, 9.17) is 4.52 Å². The zero-order valence-electron chi connectivity index (χ0n) is 13.6. The minimum Gasteiger partial charge on any atom is -0.334 e. The summed E-state index contributed by atoms with van der Waals surface area (Å²) in [5.74, 6) is 0.911. The molecule has 1 fully saturated rings. The normalized spacial score (nSPS) is 16.8. The lowest BCUT2D eigenvalue weighted by Gasteiger charge is -2.13. The maximum absolute atomic E-state index is 9.17. The third-order valence-corrected chi connectivity index (χ3v) is 4.21. The van der Waals surface area contributed by atoms with Crippen LogP contribution in [-0.2, 0) is 0 Å². The lowest BCUT2D eigenvalue weighted by molar-refractivity contribution is 0.339. The van der Waals surface area contributed by atoms with E-state index in [0.717, 1.165) is 30.6 Å². The first kappa shape index (κ1) is 15.2. The largest absolute Gasteiger partial charge is 0.334 e. The van der Waals surface area contributed by atoms with Crippen LogP contribution in [0.5, 0.6) is 0 Å². The van der Waals surface area contributed by atoms with Crippen molar-refractivity contribution in [1.29, 1.82) is 5.26 Å². The highest BCUT2D eigenvalue weighted by Crippen LogP contribution is 2.31. The summed E-state index contributed by atoms with van der Waals surface area (Å²) in [7, 11) is 0. The summed E-state index contributed by atoms with van der Waals surface area (Å²) in [4.78, 5) is 10.3. The van der Waals surface area contributed by atoms with Crippen molar-refractivity contribution in [2.45, 2.75) is 25.8 Å². The van der Waals surface area contributed by atoms with Crippen molar-refractivity contribution in [3.05, 3.63) is 42.1 Å². The molecule has 3 aromatic heterocycles. The maximum Gasteiger partial charge on any atom is 0.259 e. The van der Waals surface area contributed by atoms with E-state index in [9.17, 15) is 5.26 Å². The standard InChI is InChI=1S/C17H15N7O/c1-11-7-12(4-5-19-11)14-8-13(9-20-22-14)17-21-16(23-25-17)15-3-2-6-24(15)10-18/h4-5,7-9,15H,2-3,6H2,1H3/t15-/m0/s1. The Kier molecular flexibility index (Phi) is 3.82. The topological polar surface area (TPSA) is 105 Å². The van der Waals surface area contributed by atoms with Gasteiger partial charge in [0, 0.05) is 24.0 Å². The highest BCUT2D eigenvalue weighted by atomic mass is 16.5. The number of rotatable bonds is 3. The highest BCUT2D eigenvalue weighted by Gasteiger charge is 2.29. The number of aryl methyl sites for hydroxylation is 1. The van der Waals surface area contributed by atoms with E-state index in [1.807, 2.05) is 25.1 Å². The fourth-order valence-electron chi connectivity index (χ4n) is 2.97. The van der Waals surface area contributed by atoms with Crippen LogP contribution in [0.3, 0.4) is 0 Å². The molecule has 0 aromatic carbocycles. The predicted molar refractivity (Wildman–Crippen MR) is 87.6 cm³/mol. The van der Waals surface area contributed by atoms with Gasteiger partial charge in [0.15, 0.2) is 12.0 Å². The van der Waals surface area contributed by atoms with Crippen LogP contribution in [0, 0.1) is 18.4 Å². The summed E-state index contributed by atoms with van der Waals surface area (Å²) >= 11 is 0. The smallest absolute Gasteiger partial charge is 0.259 e. The van der Waals surface area contributed by atoms with E-state index in [1.54, 1.807) is 17.3 Å². The molecule has 0 radical (unpaired) electrons. The quantitative estimate of drug-likeness (QED) is 0.673. The Bertz CT molecular complexity index is 946. The summed E-state index contributed by atoms with van der Waals surface area (Å²) in [6.07, 6.45) is 7.30. The molecular weight excluding hydrogens is 318 g/mol. The van der Waals surface area contributed by atoms with E-state index in [2.05, 4.69) is 31.5 Å². The van der Waals surface area contributed by atoms with Gasteiger partial charge in [-0.25, -0.2) is 0 Å².